The summed E-state index contributed by atoms with van der Waals surface area (Å²) < 4.78 is 7.93. The molecule has 0 amide bonds. The lowest BCUT2D eigenvalue weighted by Gasteiger charge is -2.41. The van der Waals surface area contributed by atoms with Crippen molar-refractivity contribution in [2.75, 3.05) is 30.3 Å². The van der Waals surface area contributed by atoms with Crippen LogP contribution in [0.5, 0.6) is 0 Å². The fourth-order valence-corrected chi connectivity index (χ4v) is 5.67. The second-order valence-corrected chi connectivity index (χ2v) is 9.52. The first-order valence-corrected chi connectivity index (χ1v) is 11.1. The fourth-order valence-electron chi connectivity index (χ4n) is 4.66. The molecule has 4 N–H and O–H groups in total. The van der Waals surface area contributed by atoms with Crippen LogP contribution in [0.25, 0.3) is 5.65 Å². The largest absolute Gasteiger partial charge is 0.384 e. The van der Waals surface area contributed by atoms with E-state index in [0.29, 0.717) is 5.82 Å². The molecule has 0 radical (unpaired) electrons. The van der Waals surface area contributed by atoms with Crippen molar-refractivity contribution in [3.63, 3.8) is 0 Å². The molecule has 2 fully saturated rings. The van der Waals surface area contributed by atoms with E-state index in [1.807, 2.05) is 37.6 Å². The zero-order chi connectivity index (χ0) is 20.9. The van der Waals surface area contributed by atoms with Crippen LogP contribution in [0.15, 0.2) is 40.5 Å². The van der Waals surface area contributed by atoms with Crippen LogP contribution in [-0.4, -0.2) is 51.2 Å². The number of rotatable bonds is 3. The summed E-state index contributed by atoms with van der Waals surface area (Å²) in [5.41, 5.74) is 14.3. The number of ether oxygens (including phenoxy) is 1. The Hall–Kier alpha value is -1.66. The van der Waals surface area contributed by atoms with Gasteiger partial charge < -0.3 is 21.1 Å². The number of hydrogen-bond acceptors (Lipinski definition) is 8. The van der Waals surface area contributed by atoms with Gasteiger partial charge >= 0.3 is 0 Å². The maximum absolute atomic E-state index is 6.47. The van der Waals surface area contributed by atoms with Gasteiger partial charge in [0.15, 0.2) is 5.65 Å². The minimum Gasteiger partial charge on any atom is -0.384 e. The van der Waals surface area contributed by atoms with Gasteiger partial charge in [-0.25, -0.2) is 15.0 Å². The number of aryl methyl sites for hydroxylation is 1. The first kappa shape index (κ1) is 25.0. The lowest BCUT2D eigenvalue weighted by Crippen LogP contribution is -2.51. The molecule has 0 aliphatic carbocycles. The fraction of sp³-hybridized carbons (Fsp3) is 0.476. The van der Waals surface area contributed by atoms with E-state index in [0.717, 1.165) is 59.6 Å². The minimum atomic E-state index is 0. The molecule has 1 spiro atoms. The second-order valence-electron chi connectivity index (χ2n) is 8.41. The van der Waals surface area contributed by atoms with E-state index in [1.165, 1.54) is 0 Å². The molecule has 0 bridgehead atoms. The number of hydrogen-bond donors (Lipinski definition) is 2. The Morgan fingerprint density at radius 1 is 1.19 bits per heavy atom. The molecule has 174 valence electrons. The van der Waals surface area contributed by atoms with Crippen molar-refractivity contribution in [2.45, 2.75) is 48.6 Å². The van der Waals surface area contributed by atoms with Crippen molar-refractivity contribution < 1.29 is 4.74 Å². The normalized spacial score (nSPS) is 22.0. The zero-order valence-corrected chi connectivity index (χ0v) is 21.1. The average Bonchev–Trinajstić information content (AvgIpc) is 3.31. The van der Waals surface area contributed by atoms with Crippen molar-refractivity contribution in [1.82, 2.24) is 19.4 Å². The first-order valence-electron chi connectivity index (χ1n) is 10.3. The Morgan fingerprint density at radius 3 is 2.59 bits per heavy atom. The van der Waals surface area contributed by atoms with E-state index in [9.17, 15) is 0 Å². The van der Waals surface area contributed by atoms with Crippen molar-refractivity contribution in [3.8, 4) is 0 Å². The molecular weight excluding hydrogens is 462 g/mol. The number of aromatic nitrogens is 4. The Labute approximate surface area is 206 Å². The molecule has 0 unspecified atom stereocenters. The molecule has 2 aliphatic rings. The highest BCUT2D eigenvalue weighted by Gasteiger charge is 2.47. The van der Waals surface area contributed by atoms with Gasteiger partial charge in [0.05, 0.1) is 17.6 Å². The number of nitrogens with two attached hydrogens (primary N) is 2. The third kappa shape index (κ3) is 4.41. The van der Waals surface area contributed by atoms with Crippen molar-refractivity contribution in [2.24, 2.45) is 11.1 Å². The van der Waals surface area contributed by atoms with Gasteiger partial charge in [0.2, 0.25) is 5.95 Å². The van der Waals surface area contributed by atoms with Gasteiger partial charge in [0.1, 0.15) is 5.82 Å². The van der Waals surface area contributed by atoms with Crippen molar-refractivity contribution in [3.05, 3.63) is 36.4 Å². The number of anilines is 2. The zero-order valence-electron chi connectivity index (χ0n) is 18.3. The quantitative estimate of drug-likeness (QED) is 0.573. The van der Waals surface area contributed by atoms with Gasteiger partial charge in [-0.2, -0.15) is 27.0 Å². The highest BCUT2D eigenvalue weighted by atomic mass is 32.2. The maximum atomic E-state index is 6.47. The number of imidazole rings is 1. The topological polar surface area (TPSA) is 108 Å². The van der Waals surface area contributed by atoms with Crippen LogP contribution in [0.4, 0.5) is 11.8 Å². The van der Waals surface area contributed by atoms with Gasteiger partial charge in [-0.3, -0.25) is 4.40 Å². The van der Waals surface area contributed by atoms with E-state index < -0.39 is 0 Å². The van der Waals surface area contributed by atoms with Gasteiger partial charge in [-0.15, -0.1) is 0 Å². The lowest BCUT2D eigenvalue weighted by molar-refractivity contribution is 0.0973. The molecule has 2 aliphatic heterocycles. The number of pyridine rings is 1. The molecule has 11 heteroatoms. The summed E-state index contributed by atoms with van der Waals surface area (Å²) in [6.45, 7) is 6.61. The van der Waals surface area contributed by atoms with Crippen LogP contribution in [0, 0.1) is 12.3 Å². The smallest absolute Gasteiger partial charge is 0.211 e. The average molecular weight is 494 g/mol. The summed E-state index contributed by atoms with van der Waals surface area (Å²) in [5.74, 6) is 1.44. The minimum absolute atomic E-state index is 0. The predicted molar refractivity (Wildman–Crippen MR) is 139 cm³/mol. The van der Waals surface area contributed by atoms with E-state index in [4.69, 9.17) is 21.2 Å². The molecular formula is C21H31N7OS3. The number of nitrogen functional groups attached to an aromatic ring is 1. The molecule has 3 aromatic rings. The molecule has 5 heterocycles. The van der Waals surface area contributed by atoms with Crippen LogP contribution >= 0.6 is 38.8 Å². The summed E-state index contributed by atoms with van der Waals surface area (Å²) in [6.07, 6.45) is 7.88. The van der Waals surface area contributed by atoms with Crippen molar-refractivity contribution in [1.29, 1.82) is 0 Å². The highest BCUT2D eigenvalue weighted by molar-refractivity contribution is 7.99. The van der Waals surface area contributed by atoms with Crippen LogP contribution < -0.4 is 16.4 Å². The molecule has 0 aromatic carbocycles. The van der Waals surface area contributed by atoms with Crippen LogP contribution in [0.2, 0.25) is 0 Å². The van der Waals surface area contributed by atoms with Gasteiger partial charge in [-0.1, -0.05) is 11.8 Å². The SMILES string of the molecule is Cc1cc(Sc2cnc(N3CCC4(CC3)CO[C@@H](C)[C@H]4N)n3ccnc23)cc(N)n1.S.S. The third-order valence-corrected chi connectivity index (χ3v) is 7.42. The number of piperidine rings is 1. The molecule has 2 atom stereocenters. The maximum Gasteiger partial charge on any atom is 0.211 e. The summed E-state index contributed by atoms with van der Waals surface area (Å²) in [7, 11) is 0. The van der Waals surface area contributed by atoms with E-state index in [2.05, 4.69) is 26.2 Å². The van der Waals surface area contributed by atoms with Gasteiger partial charge in [-0.05, 0) is 38.8 Å². The summed E-state index contributed by atoms with van der Waals surface area (Å²) >= 11 is 1.60. The lowest BCUT2D eigenvalue weighted by atomic mass is 9.73. The predicted octanol–water partition coefficient (Wildman–Crippen LogP) is 2.72. The summed E-state index contributed by atoms with van der Waals surface area (Å²) in [5, 5.41) is 0. The monoisotopic (exact) mass is 493 g/mol. The van der Waals surface area contributed by atoms with E-state index in [-0.39, 0.29) is 44.6 Å². The van der Waals surface area contributed by atoms with Gasteiger partial charge in [0, 0.05) is 53.7 Å². The number of fused-ring (bicyclic) bond motifs is 1. The van der Waals surface area contributed by atoms with Crippen LogP contribution in [-0.2, 0) is 4.74 Å². The number of nitrogens with zero attached hydrogens (tertiary/aromatic N) is 5. The molecule has 0 saturated carbocycles. The van der Waals surface area contributed by atoms with Gasteiger partial charge in [0.25, 0.3) is 0 Å². The Morgan fingerprint density at radius 2 is 1.94 bits per heavy atom. The molecule has 5 rings (SSSR count). The molecule has 3 aromatic heterocycles. The summed E-state index contributed by atoms with van der Waals surface area (Å²) in [6, 6.07) is 4.01. The third-order valence-electron chi connectivity index (χ3n) is 6.44. The Bertz CT molecular complexity index is 1060. The van der Waals surface area contributed by atoms with Crippen molar-refractivity contribution >= 4 is 56.2 Å². The Kier molecular flexibility index (Phi) is 7.55. The van der Waals surface area contributed by atoms with Crippen LogP contribution in [0.1, 0.15) is 25.5 Å². The molecule has 8 nitrogen and oxygen atoms in total. The van der Waals surface area contributed by atoms with E-state index in [1.54, 1.807) is 11.8 Å². The standard InChI is InChI=1S/C21H27N7OS.2H2S/c1-13-9-15(10-17(22)26-13)30-16-11-25-20(28-8-5-24-19(16)28)27-6-3-21(4-7-27)12-29-14(2)18(21)23;;/h5,8-11,14,18H,3-4,6-7,12,23H2,1-2H3,(H2,22,26);2*1H2/t14-,18+;;/m0../s1. The molecule has 2 saturated heterocycles. The first-order chi connectivity index (χ1) is 14.4. The van der Waals surface area contributed by atoms with Crippen LogP contribution in [0.3, 0.4) is 0 Å². The summed E-state index contributed by atoms with van der Waals surface area (Å²) in [4.78, 5) is 18.0. The highest BCUT2D eigenvalue weighted by Crippen LogP contribution is 2.42. The molecule has 32 heavy (non-hydrogen) atoms. The Balaban J connectivity index is 0.00000144. The van der Waals surface area contributed by atoms with E-state index >= 15 is 0 Å². The second kappa shape index (κ2) is 9.68.